The van der Waals surface area contributed by atoms with Gasteiger partial charge in [-0.1, -0.05) is 89.6 Å². The third kappa shape index (κ3) is 14.4. The predicted octanol–water partition coefficient (Wildman–Crippen LogP) is 2.20. The monoisotopic (exact) mass is 936 g/mol. The van der Waals surface area contributed by atoms with Crippen molar-refractivity contribution < 1.29 is 63.3 Å². The van der Waals surface area contributed by atoms with E-state index in [9.17, 15) is 58.6 Å². The standard InChI is InChI=1S/C46H64N8O13/c1-7-21-53(46(65)51-22-20-31-16-12-13-17-35(31)51)50-42(61)36-23-32(67-26-30-14-10-9-11-15-30)25-52(36)45(64)39(27(3)4)49-43(62)40(28(5)8-2)54(66)44(63)33(18-19-37(56)57)48-41(60)34(24-38(58)59)47-29(6)55/h9-17,27-28,32-34,36,39-40,66H,7-8,18-26H2,1-6H3,(H,47,55)(H,48,60)(H,49,62)(H,50,61)(H,56,57)(H,58,59)/t28-,32+,33+,34-,36-,39-,40-/m0/s1. The zero-order chi connectivity index (χ0) is 49.5. The van der Waals surface area contributed by atoms with Gasteiger partial charge in [-0.25, -0.2) is 14.9 Å². The number of hydrazine groups is 1. The fourth-order valence-corrected chi connectivity index (χ4v) is 8.00. The van der Waals surface area contributed by atoms with E-state index >= 15 is 0 Å². The number of anilines is 1. The lowest BCUT2D eigenvalue weighted by atomic mass is 9.95. The Morgan fingerprint density at radius 3 is 2.13 bits per heavy atom. The van der Waals surface area contributed by atoms with E-state index in [1.807, 2.05) is 61.5 Å². The number of ether oxygens (including phenoxy) is 1. The molecule has 7 N–H and O–H groups in total. The molecule has 1 saturated heterocycles. The number of carboxylic acids is 2. The lowest BCUT2D eigenvalue weighted by Crippen LogP contribution is -2.62. The van der Waals surface area contributed by atoms with Gasteiger partial charge in [0.1, 0.15) is 30.2 Å². The fraction of sp³-hybridized carbons (Fsp3) is 0.543. The Balaban J connectivity index is 1.61. The van der Waals surface area contributed by atoms with Crippen LogP contribution in [0.4, 0.5) is 10.5 Å². The van der Waals surface area contributed by atoms with Crippen molar-refractivity contribution >= 4 is 59.1 Å². The van der Waals surface area contributed by atoms with E-state index in [4.69, 9.17) is 4.74 Å². The Hall–Kier alpha value is -6.61. The molecule has 2 heterocycles. The number of aliphatic carboxylic acids is 2. The number of hydrogen-bond acceptors (Lipinski definition) is 11. The van der Waals surface area contributed by atoms with Crippen LogP contribution in [-0.2, 0) is 56.1 Å². The molecule has 366 valence electrons. The number of hydrogen-bond donors (Lipinski definition) is 7. The van der Waals surface area contributed by atoms with Crippen LogP contribution in [0.3, 0.4) is 0 Å². The molecule has 2 aromatic rings. The number of rotatable bonds is 22. The third-order valence-electron chi connectivity index (χ3n) is 11.7. The quantitative estimate of drug-likeness (QED) is 0.0660. The van der Waals surface area contributed by atoms with Gasteiger partial charge >= 0.3 is 18.0 Å². The van der Waals surface area contributed by atoms with Gasteiger partial charge in [-0.05, 0) is 48.3 Å². The molecule has 0 saturated carbocycles. The number of amides is 8. The Kier molecular flexibility index (Phi) is 19.6. The minimum Gasteiger partial charge on any atom is -0.481 e. The first kappa shape index (κ1) is 53.0. The molecular weight excluding hydrogens is 873 g/mol. The van der Waals surface area contributed by atoms with Crippen molar-refractivity contribution in [3.63, 3.8) is 0 Å². The Morgan fingerprint density at radius 2 is 1.52 bits per heavy atom. The van der Waals surface area contributed by atoms with Gasteiger partial charge in [0, 0.05) is 45.1 Å². The van der Waals surface area contributed by atoms with Crippen molar-refractivity contribution in [2.24, 2.45) is 11.8 Å². The first-order chi connectivity index (χ1) is 31.8. The maximum atomic E-state index is 14.8. The summed E-state index contributed by atoms with van der Waals surface area (Å²) in [6, 6.07) is 8.59. The van der Waals surface area contributed by atoms with Crippen LogP contribution in [0.1, 0.15) is 91.2 Å². The van der Waals surface area contributed by atoms with Gasteiger partial charge in [0.05, 0.1) is 19.1 Å². The number of likely N-dealkylation sites (tertiary alicyclic amines) is 1. The highest BCUT2D eigenvalue weighted by Crippen LogP contribution is 2.29. The maximum Gasteiger partial charge on any atom is 0.343 e. The number of carbonyl (C=O) groups is 9. The van der Waals surface area contributed by atoms with Crippen molar-refractivity contribution in [2.45, 2.75) is 129 Å². The number of hydroxylamine groups is 2. The molecule has 21 heteroatoms. The molecule has 1 fully saturated rings. The highest BCUT2D eigenvalue weighted by Gasteiger charge is 2.46. The fourth-order valence-electron chi connectivity index (χ4n) is 8.00. The van der Waals surface area contributed by atoms with E-state index in [1.165, 1.54) is 16.8 Å². The smallest absolute Gasteiger partial charge is 0.343 e. The van der Waals surface area contributed by atoms with Crippen molar-refractivity contribution in [1.82, 2.24) is 36.3 Å². The van der Waals surface area contributed by atoms with Crippen LogP contribution in [0, 0.1) is 11.8 Å². The number of nitrogens with zero attached hydrogens (tertiary/aromatic N) is 4. The lowest BCUT2D eigenvalue weighted by molar-refractivity contribution is -0.187. The van der Waals surface area contributed by atoms with Crippen molar-refractivity contribution in [3.8, 4) is 0 Å². The van der Waals surface area contributed by atoms with E-state index in [0.29, 0.717) is 19.4 Å². The van der Waals surface area contributed by atoms with Gasteiger partial charge in [0.15, 0.2) is 0 Å². The Morgan fingerprint density at radius 1 is 0.851 bits per heavy atom. The highest BCUT2D eigenvalue weighted by atomic mass is 16.5. The largest absolute Gasteiger partial charge is 0.481 e. The molecule has 0 radical (unpaired) electrons. The van der Waals surface area contributed by atoms with Gasteiger partial charge in [-0.2, -0.15) is 0 Å². The summed E-state index contributed by atoms with van der Waals surface area (Å²) in [4.78, 5) is 122. The molecule has 2 aromatic carbocycles. The van der Waals surface area contributed by atoms with Crippen molar-refractivity contribution in [3.05, 3.63) is 65.7 Å². The summed E-state index contributed by atoms with van der Waals surface area (Å²) in [6.07, 6.45) is -1.47. The average Bonchev–Trinajstić information content (AvgIpc) is 3.93. The average molecular weight is 937 g/mol. The molecular formula is C46H64N8O13. The number of fused-ring (bicyclic) bond motifs is 1. The Bertz CT molecular complexity index is 2090. The summed E-state index contributed by atoms with van der Waals surface area (Å²) < 4.78 is 6.23. The van der Waals surface area contributed by atoms with Gasteiger partial charge in [0.2, 0.25) is 23.6 Å². The minimum atomic E-state index is -1.81. The lowest BCUT2D eigenvalue weighted by Gasteiger charge is -2.35. The zero-order valence-corrected chi connectivity index (χ0v) is 38.8. The number of nitrogens with one attached hydrogen (secondary N) is 4. The SMILES string of the molecule is CCCN(NC(=O)[C@@H]1C[C@@H](OCc2ccccc2)CN1C(=O)[C@@H](NC(=O)[C@H]([C@@H](C)CC)N(O)C(=O)[C@@H](CCC(=O)O)NC(=O)[C@H](CC(=O)O)NC(C)=O)C(C)C)C(=O)N1CCc2ccccc21. The van der Waals surface area contributed by atoms with Crippen LogP contribution >= 0.6 is 0 Å². The maximum absolute atomic E-state index is 14.8. The second kappa shape index (κ2) is 24.8. The molecule has 2 aliphatic rings. The van der Waals surface area contributed by atoms with Crippen LogP contribution in [-0.4, -0.2) is 140 Å². The van der Waals surface area contributed by atoms with E-state index in [1.54, 1.807) is 25.7 Å². The first-order valence-electron chi connectivity index (χ1n) is 22.5. The number of urea groups is 1. The first-order valence-corrected chi connectivity index (χ1v) is 22.5. The summed E-state index contributed by atoms with van der Waals surface area (Å²) in [7, 11) is 0. The molecule has 4 rings (SSSR count). The summed E-state index contributed by atoms with van der Waals surface area (Å²) in [5.74, 6) is -9.89. The number of carbonyl (C=O) groups excluding carboxylic acids is 7. The molecule has 67 heavy (non-hydrogen) atoms. The van der Waals surface area contributed by atoms with Gasteiger partial charge < -0.3 is 35.8 Å². The van der Waals surface area contributed by atoms with Crippen LogP contribution in [0.25, 0.3) is 0 Å². The van der Waals surface area contributed by atoms with E-state index in [0.717, 1.165) is 23.7 Å². The molecule has 0 aliphatic carbocycles. The second-order valence-electron chi connectivity index (χ2n) is 17.2. The van der Waals surface area contributed by atoms with Gasteiger partial charge in [-0.15, -0.1) is 0 Å². The van der Waals surface area contributed by atoms with Gasteiger partial charge in [0.25, 0.3) is 11.8 Å². The summed E-state index contributed by atoms with van der Waals surface area (Å²) in [5.41, 5.74) is 5.34. The highest BCUT2D eigenvalue weighted by molar-refractivity contribution is 5.98. The van der Waals surface area contributed by atoms with E-state index < -0.39 is 121 Å². The summed E-state index contributed by atoms with van der Waals surface area (Å²) >= 11 is 0. The zero-order valence-electron chi connectivity index (χ0n) is 38.8. The summed E-state index contributed by atoms with van der Waals surface area (Å²) in [6.45, 7) is 10.0. The van der Waals surface area contributed by atoms with Crippen LogP contribution < -0.4 is 26.3 Å². The van der Waals surface area contributed by atoms with Crippen molar-refractivity contribution in [2.75, 3.05) is 24.5 Å². The molecule has 7 atom stereocenters. The molecule has 0 unspecified atom stereocenters. The minimum absolute atomic E-state index is 0.0387. The number of para-hydroxylation sites is 1. The molecule has 0 aromatic heterocycles. The second-order valence-corrected chi connectivity index (χ2v) is 17.2. The normalized spacial score (nSPS) is 17.6. The number of benzene rings is 2. The molecule has 0 spiro atoms. The van der Waals surface area contributed by atoms with E-state index in [2.05, 4.69) is 21.4 Å². The molecule has 21 nitrogen and oxygen atoms in total. The molecule has 0 bridgehead atoms. The van der Waals surface area contributed by atoms with Gasteiger partial charge in [-0.3, -0.25) is 53.9 Å². The Labute approximate surface area is 389 Å². The predicted molar refractivity (Wildman–Crippen MR) is 240 cm³/mol. The van der Waals surface area contributed by atoms with Crippen LogP contribution in [0.15, 0.2) is 54.6 Å². The topological polar surface area (TPSA) is 285 Å². The summed E-state index contributed by atoms with van der Waals surface area (Å²) in [5, 5.41) is 38.6. The van der Waals surface area contributed by atoms with E-state index in [-0.39, 0.29) is 37.6 Å². The van der Waals surface area contributed by atoms with Crippen LogP contribution in [0.2, 0.25) is 0 Å². The third-order valence-corrected chi connectivity index (χ3v) is 11.7. The van der Waals surface area contributed by atoms with Crippen LogP contribution in [0.5, 0.6) is 0 Å². The molecule has 2 aliphatic heterocycles. The molecule has 8 amide bonds. The number of carboxylic acid groups (broad SMARTS) is 2. The van der Waals surface area contributed by atoms with Crippen molar-refractivity contribution in [1.29, 1.82) is 0 Å².